The second-order valence-corrected chi connectivity index (χ2v) is 12.9. The lowest BCUT2D eigenvalue weighted by Gasteiger charge is -2.47. The zero-order valence-electron chi connectivity index (χ0n) is 23.9. The number of nitrogens with zero attached hydrogens (tertiary/aromatic N) is 9. The molecule has 0 atom stereocenters. The number of carbonyl (C=O) groups is 1. The number of sulfonamides is 1. The molecule has 45 heavy (non-hydrogen) atoms. The Morgan fingerprint density at radius 3 is 2.56 bits per heavy atom. The molecule has 5 heterocycles. The van der Waals surface area contributed by atoms with Crippen molar-refractivity contribution < 1.29 is 26.4 Å². The number of hydrogen-bond acceptors (Lipinski definition) is 8. The molecule has 1 aliphatic rings. The van der Waals surface area contributed by atoms with Gasteiger partial charge >= 0.3 is 6.18 Å². The number of rotatable bonds is 10. The first kappa shape index (κ1) is 30.2. The molecule has 1 fully saturated rings. The predicted octanol–water partition coefficient (Wildman–Crippen LogP) is 3.76. The predicted molar refractivity (Wildman–Crippen MR) is 154 cm³/mol. The van der Waals surface area contributed by atoms with Crippen LogP contribution in [0.15, 0.2) is 72.4 Å². The molecule has 12 nitrogen and oxygen atoms in total. The lowest BCUT2D eigenvalue weighted by atomic mass is 9.89. The summed E-state index contributed by atoms with van der Waals surface area (Å²) in [6.07, 6.45) is 2.02. The number of halogens is 3. The maximum atomic E-state index is 13.0. The van der Waals surface area contributed by atoms with Crippen molar-refractivity contribution in [3.63, 3.8) is 0 Å². The highest BCUT2D eigenvalue weighted by molar-refractivity contribution is 7.89. The average Bonchev–Trinajstić information content (AvgIpc) is 3.73. The van der Waals surface area contributed by atoms with Crippen LogP contribution in [0.3, 0.4) is 0 Å². The van der Waals surface area contributed by atoms with E-state index in [0.717, 1.165) is 0 Å². The van der Waals surface area contributed by atoms with Gasteiger partial charge < -0.3 is 0 Å². The number of Topliss-reactive ketones (excluding diaryl/α,β-unsaturated/α-hetero) is 1. The summed E-state index contributed by atoms with van der Waals surface area (Å²) in [5, 5.41) is 22.5. The third-order valence-corrected chi connectivity index (χ3v) is 9.40. The Balaban J connectivity index is 1.20. The molecule has 4 aromatic heterocycles. The van der Waals surface area contributed by atoms with Gasteiger partial charge in [0.25, 0.3) is 10.0 Å². The summed E-state index contributed by atoms with van der Waals surface area (Å²) in [7, 11) is -2.18. The summed E-state index contributed by atoms with van der Waals surface area (Å²) in [5.41, 5.74) is 2.99. The van der Waals surface area contributed by atoms with Gasteiger partial charge in [-0.3, -0.25) is 14.2 Å². The molecule has 0 amide bonds. The molecule has 16 heteroatoms. The topological polar surface area (TPSA) is 144 Å². The Morgan fingerprint density at radius 1 is 1.07 bits per heavy atom. The molecule has 5 aromatic rings. The van der Waals surface area contributed by atoms with E-state index in [9.17, 15) is 31.6 Å². The van der Waals surface area contributed by atoms with Gasteiger partial charge in [0.2, 0.25) is 0 Å². The van der Waals surface area contributed by atoms with E-state index in [4.69, 9.17) is 0 Å². The molecule has 232 valence electrons. The molecule has 0 radical (unpaired) electrons. The Morgan fingerprint density at radius 2 is 1.84 bits per heavy atom. The smallest absolute Gasteiger partial charge is 0.299 e. The third kappa shape index (κ3) is 5.96. The first-order valence-corrected chi connectivity index (χ1v) is 15.2. The quantitative estimate of drug-likeness (QED) is 0.225. The maximum absolute atomic E-state index is 13.0. The van der Waals surface area contributed by atoms with Crippen LogP contribution in [0.1, 0.15) is 24.8 Å². The Labute approximate surface area is 255 Å². The number of aryl methyl sites for hydroxylation is 1. The number of carbonyl (C=O) groups excluding carboxylic acids is 1. The van der Waals surface area contributed by atoms with Gasteiger partial charge in [-0.2, -0.15) is 38.0 Å². The molecule has 1 saturated heterocycles. The summed E-state index contributed by atoms with van der Waals surface area (Å²) in [6, 6.07) is 12.3. The minimum absolute atomic E-state index is 0.0518. The van der Waals surface area contributed by atoms with Crippen LogP contribution in [0.25, 0.3) is 28.0 Å². The highest BCUT2D eigenvalue weighted by atomic mass is 32.2. The highest BCUT2D eigenvalue weighted by Crippen LogP contribution is 2.37. The van der Waals surface area contributed by atoms with Gasteiger partial charge in [0, 0.05) is 62.1 Å². The van der Waals surface area contributed by atoms with Crippen molar-refractivity contribution in [3.05, 3.63) is 72.9 Å². The normalized spacial score (nSPS) is 15.2. The monoisotopic (exact) mass is 637 g/mol. The fourth-order valence-corrected chi connectivity index (χ4v) is 6.88. The summed E-state index contributed by atoms with van der Waals surface area (Å²) in [6.45, 7) is 0.128. The summed E-state index contributed by atoms with van der Waals surface area (Å²) >= 11 is 0. The van der Waals surface area contributed by atoms with Crippen LogP contribution < -0.4 is 0 Å². The molecule has 6 rings (SSSR count). The largest absolute Gasteiger partial charge is 0.389 e. The highest BCUT2D eigenvalue weighted by Gasteiger charge is 2.51. The molecule has 1 aromatic carbocycles. The molecular formula is C29H26F3N9O3S. The van der Waals surface area contributed by atoms with E-state index < -0.39 is 40.4 Å². The number of imidazole rings is 1. The van der Waals surface area contributed by atoms with Crippen LogP contribution in [0, 0.1) is 11.3 Å². The summed E-state index contributed by atoms with van der Waals surface area (Å²) in [4.78, 5) is 16.6. The van der Waals surface area contributed by atoms with Gasteiger partial charge in [-0.1, -0.05) is 18.2 Å². The Bertz CT molecular complexity index is 2050. The first-order chi connectivity index (χ1) is 21.4. The van der Waals surface area contributed by atoms with Crippen LogP contribution in [0.2, 0.25) is 0 Å². The third-order valence-electron chi connectivity index (χ3n) is 7.72. The fraction of sp³-hybridized carbons (Fsp3) is 0.310. The van der Waals surface area contributed by atoms with Gasteiger partial charge in [-0.15, -0.1) is 0 Å². The van der Waals surface area contributed by atoms with Crippen molar-refractivity contribution >= 4 is 21.5 Å². The van der Waals surface area contributed by atoms with Gasteiger partial charge in [0.05, 0.1) is 43.2 Å². The number of nitriles is 1. The second kappa shape index (κ2) is 11.2. The van der Waals surface area contributed by atoms with E-state index in [2.05, 4.69) is 26.3 Å². The van der Waals surface area contributed by atoms with E-state index in [1.54, 1.807) is 77.6 Å². The molecule has 0 spiro atoms. The summed E-state index contributed by atoms with van der Waals surface area (Å²) in [5.74, 6) is -0.494. The average molecular weight is 638 g/mol. The Kier molecular flexibility index (Phi) is 7.53. The summed E-state index contributed by atoms with van der Waals surface area (Å²) < 4.78 is 69.4. The zero-order chi connectivity index (χ0) is 32.0. The number of hydrogen-bond donors (Lipinski definition) is 0. The van der Waals surface area contributed by atoms with Gasteiger partial charge in [0.15, 0.2) is 10.7 Å². The van der Waals surface area contributed by atoms with E-state index in [0.29, 0.717) is 33.6 Å². The van der Waals surface area contributed by atoms with E-state index >= 15 is 0 Å². The minimum atomic E-state index is -4.38. The molecule has 0 N–H and O–H groups in total. The van der Waals surface area contributed by atoms with Gasteiger partial charge in [0.1, 0.15) is 11.3 Å². The van der Waals surface area contributed by atoms with Gasteiger partial charge in [-0.05, 0) is 23.8 Å². The molecular weight excluding hydrogens is 611 g/mol. The van der Waals surface area contributed by atoms with Crippen LogP contribution in [-0.2, 0) is 33.8 Å². The Hall–Kier alpha value is -4.88. The van der Waals surface area contributed by atoms with E-state index in [1.807, 2.05) is 0 Å². The van der Waals surface area contributed by atoms with Gasteiger partial charge in [-0.25, -0.2) is 17.9 Å². The second-order valence-electron chi connectivity index (χ2n) is 11.0. The lowest BCUT2D eigenvalue weighted by molar-refractivity contribution is -0.143. The molecule has 0 aliphatic carbocycles. The lowest BCUT2D eigenvalue weighted by Crippen LogP contribution is -2.64. The van der Waals surface area contributed by atoms with Crippen LogP contribution >= 0.6 is 0 Å². The van der Waals surface area contributed by atoms with E-state index in [-0.39, 0.29) is 31.0 Å². The minimum Gasteiger partial charge on any atom is -0.299 e. The molecule has 1 aliphatic heterocycles. The number of aromatic nitrogens is 7. The van der Waals surface area contributed by atoms with Crippen molar-refractivity contribution in [1.29, 1.82) is 5.26 Å². The van der Waals surface area contributed by atoms with Crippen molar-refractivity contribution in [2.45, 2.75) is 42.4 Å². The van der Waals surface area contributed by atoms with Crippen LogP contribution in [0.5, 0.6) is 0 Å². The maximum Gasteiger partial charge on any atom is 0.389 e. The zero-order valence-corrected chi connectivity index (χ0v) is 24.7. The van der Waals surface area contributed by atoms with Crippen LogP contribution in [-0.4, -0.2) is 71.9 Å². The fourth-order valence-electron chi connectivity index (χ4n) is 5.33. The standard InChI is InChI=1S/C29H26F3N9O3S/c1-38-10-6-27(37-38)45(43,44)39-18-28(19-39,8-9-33)40-17-23(15-35-40)22-13-26-34-16-25(41(26)36-14-22)21-4-2-3-20(11-21)12-24(42)5-7-29(30,31)32/h2-4,6,10-11,13-17H,5,7-8,12,18-19H2,1H3. The number of fused-ring (bicyclic) bond motifs is 1. The number of alkyl halides is 3. The van der Waals surface area contributed by atoms with Crippen LogP contribution in [0.4, 0.5) is 13.2 Å². The first-order valence-electron chi connectivity index (χ1n) is 13.8. The number of ketones is 1. The molecule has 0 saturated carbocycles. The van der Waals surface area contributed by atoms with E-state index in [1.165, 1.54) is 15.1 Å². The van der Waals surface area contributed by atoms with Crippen molar-refractivity contribution in [1.82, 2.24) is 38.5 Å². The van der Waals surface area contributed by atoms with Crippen molar-refractivity contribution in [2.75, 3.05) is 13.1 Å². The molecule has 0 unspecified atom stereocenters. The SMILES string of the molecule is Cn1ccc(S(=O)(=O)N2CC(CC#N)(n3cc(-c4cnn5c(-c6cccc(CC(=O)CCC(F)(F)F)c6)cnc5c4)cn3)C2)n1. The number of benzene rings is 1. The van der Waals surface area contributed by atoms with Crippen molar-refractivity contribution in [2.24, 2.45) is 7.05 Å². The van der Waals surface area contributed by atoms with Crippen molar-refractivity contribution in [3.8, 4) is 28.5 Å². The molecule has 0 bridgehead atoms.